The first kappa shape index (κ1) is 16.1. The Morgan fingerprint density at radius 1 is 1.30 bits per heavy atom. The van der Waals surface area contributed by atoms with Crippen molar-refractivity contribution < 1.29 is 4.79 Å². The molecule has 1 amide bonds. The van der Waals surface area contributed by atoms with Crippen molar-refractivity contribution in [1.29, 1.82) is 0 Å². The van der Waals surface area contributed by atoms with E-state index in [2.05, 4.69) is 9.97 Å². The number of thiazole rings is 1. The van der Waals surface area contributed by atoms with Crippen LogP contribution in [0.1, 0.15) is 48.6 Å². The minimum absolute atomic E-state index is 0.260. The van der Waals surface area contributed by atoms with Gasteiger partial charge >= 0.3 is 0 Å². The molecule has 0 unspecified atom stereocenters. The normalized spacial score (nSPS) is 15.9. The van der Waals surface area contributed by atoms with E-state index in [0.29, 0.717) is 12.3 Å². The highest BCUT2D eigenvalue weighted by Crippen LogP contribution is 2.36. The van der Waals surface area contributed by atoms with Crippen LogP contribution in [0.4, 0.5) is 0 Å². The van der Waals surface area contributed by atoms with Crippen LogP contribution >= 0.6 is 11.3 Å². The van der Waals surface area contributed by atoms with Crippen LogP contribution in [0, 0.1) is 13.8 Å². The highest BCUT2D eigenvalue weighted by atomic mass is 32.1. The van der Waals surface area contributed by atoms with Gasteiger partial charge < -0.3 is 4.90 Å². The number of rotatable bonds is 3. The summed E-state index contributed by atoms with van der Waals surface area (Å²) in [6.07, 6.45) is 4.39. The Hall–Kier alpha value is -1.82. The third-order valence-corrected chi connectivity index (χ3v) is 5.66. The minimum Gasteiger partial charge on any atom is -0.343 e. The van der Waals surface area contributed by atoms with E-state index in [9.17, 15) is 4.79 Å². The molecule has 2 aromatic heterocycles. The van der Waals surface area contributed by atoms with Gasteiger partial charge in [-0.2, -0.15) is 0 Å². The number of hydrogen-bond acceptors (Lipinski definition) is 5. The molecule has 0 spiro atoms. The fraction of sp³-hybridized carbons (Fsp3) is 0.529. The first-order chi connectivity index (χ1) is 11.1. The van der Waals surface area contributed by atoms with E-state index in [-0.39, 0.29) is 5.91 Å². The van der Waals surface area contributed by atoms with Gasteiger partial charge in [-0.15, -0.1) is 11.3 Å². The van der Waals surface area contributed by atoms with Gasteiger partial charge in [0.05, 0.1) is 21.3 Å². The molecule has 6 heteroatoms. The third-order valence-electron chi connectivity index (χ3n) is 4.32. The lowest BCUT2D eigenvalue weighted by Gasteiger charge is -2.30. The maximum absolute atomic E-state index is 11.8. The van der Waals surface area contributed by atoms with Gasteiger partial charge in [0, 0.05) is 31.6 Å². The summed E-state index contributed by atoms with van der Waals surface area (Å²) in [6, 6.07) is 1.94. The number of likely N-dealkylation sites (tertiary alicyclic amines) is 1. The van der Waals surface area contributed by atoms with Gasteiger partial charge in [0.25, 0.3) is 0 Å². The number of nitrogens with zero attached hydrogens (tertiary/aromatic N) is 4. The van der Waals surface area contributed by atoms with Gasteiger partial charge in [-0.25, -0.2) is 15.0 Å². The van der Waals surface area contributed by atoms with Crippen LogP contribution in [0.15, 0.2) is 12.3 Å². The van der Waals surface area contributed by atoms with Gasteiger partial charge in [-0.05, 0) is 32.8 Å². The third kappa shape index (κ3) is 3.42. The molecule has 0 atom stereocenters. The molecule has 3 heterocycles. The SMILES string of the molecule is CCC(=O)N1CCC(c2nc(C)c(-c3ccnc(C)n3)s2)CC1. The van der Waals surface area contributed by atoms with E-state index >= 15 is 0 Å². The summed E-state index contributed by atoms with van der Waals surface area (Å²) >= 11 is 1.74. The lowest BCUT2D eigenvalue weighted by atomic mass is 9.97. The summed E-state index contributed by atoms with van der Waals surface area (Å²) in [6.45, 7) is 7.56. The lowest BCUT2D eigenvalue weighted by Crippen LogP contribution is -2.37. The molecule has 122 valence electrons. The van der Waals surface area contributed by atoms with Crippen molar-refractivity contribution in [2.24, 2.45) is 0 Å². The van der Waals surface area contributed by atoms with Crippen molar-refractivity contribution in [1.82, 2.24) is 19.9 Å². The molecule has 0 N–H and O–H groups in total. The summed E-state index contributed by atoms with van der Waals surface area (Å²) in [4.78, 5) is 28.4. The average Bonchev–Trinajstić information content (AvgIpc) is 2.96. The van der Waals surface area contributed by atoms with E-state index in [1.807, 2.05) is 31.7 Å². The number of aryl methyl sites for hydroxylation is 2. The summed E-state index contributed by atoms with van der Waals surface area (Å²) in [5, 5.41) is 1.18. The molecule has 0 aliphatic carbocycles. The predicted octanol–water partition coefficient (Wildman–Crippen LogP) is 3.33. The highest BCUT2D eigenvalue weighted by Gasteiger charge is 2.26. The van der Waals surface area contributed by atoms with Crippen molar-refractivity contribution in [3.63, 3.8) is 0 Å². The first-order valence-corrected chi connectivity index (χ1v) is 8.95. The Balaban J connectivity index is 1.76. The topological polar surface area (TPSA) is 59.0 Å². The van der Waals surface area contributed by atoms with Crippen LogP contribution in [-0.2, 0) is 4.79 Å². The maximum Gasteiger partial charge on any atom is 0.222 e. The molecule has 3 rings (SSSR count). The van der Waals surface area contributed by atoms with Gasteiger partial charge in [0.15, 0.2) is 0 Å². The Bertz CT molecular complexity index is 704. The predicted molar refractivity (Wildman–Crippen MR) is 91.5 cm³/mol. The number of hydrogen-bond donors (Lipinski definition) is 0. The summed E-state index contributed by atoms with van der Waals surface area (Å²) in [7, 11) is 0. The fourth-order valence-corrected chi connectivity index (χ4v) is 4.22. The number of carbonyl (C=O) groups is 1. The molecule has 0 aromatic carbocycles. The van der Waals surface area contributed by atoms with Crippen LogP contribution < -0.4 is 0 Å². The minimum atomic E-state index is 0.260. The van der Waals surface area contributed by atoms with Crippen LogP contribution in [0.5, 0.6) is 0 Å². The lowest BCUT2D eigenvalue weighted by molar-refractivity contribution is -0.131. The van der Waals surface area contributed by atoms with Crippen molar-refractivity contribution in [2.75, 3.05) is 13.1 Å². The molecule has 0 bridgehead atoms. The Labute approximate surface area is 140 Å². The van der Waals surface area contributed by atoms with Crippen molar-refractivity contribution >= 4 is 17.2 Å². The molecule has 0 saturated carbocycles. The monoisotopic (exact) mass is 330 g/mol. The first-order valence-electron chi connectivity index (χ1n) is 8.13. The summed E-state index contributed by atoms with van der Waals surface area (Å²) in [5.41, 5.74) is 1.99. The number of piperidine rings is 1. The summed E-state index contributed by atoms with van der Waals surface area (Å²) < 4.78 is 0. The average molecular weight is 330 g/mol. The summed E-state index contributed by atoms with van der Waals surface area (Å²) in [5.74, 6) is 1.50. The van der Waals surface area contributed by atoms with Crippen LogP contribution in [0.2, 0.25) is 0 Å². The molecule has 23 heavy (non-hydrogen) atoms. The van der Waals surface area contributed by atoms with Crippen LogP contribution in [0.3, 0.4) is 0 Å². The van der Waals surface area contributed by atoms with Crippen molar-refractivity contribution in [3.8, 4) is 10.6 Å². The standard InChI is InChI=1S/C17H22N4OS/c1-4-15(22)21-9-6-13(7-10-21)17-19-11(2)16(23-17)14-5-8-18-12(3)20-14/h5,8,13H,4,6-7,9-10H2,1-3H3. The van der Waals surface area contributed by atoms with Crippen molar-refractivity contribution in [3.05, 3.63) is 28.8 Å². The molecule has 1 aliphatic heterocycles. The quantitative estimate of drug-likeness (QED) is 0.866. The molecule has 0 radical (unpaired) electrons. The number of carbonyl (C=O) groups excluding carboxylic acids is 1. The maximum atomic E-state index is 11.8. The van der Waals surface area contributed by atoms with E-state index in [4.69, 9.17) is 4.98 Å². The largest absolute Gasteiger partial charge is 0.343 e. The molecule has 5 nitrogen and oxygen atoms in total. The second-order valence-electron chi connectivity index (χ2n) is 5.96. The molecular formula is C17H22N4OS. The zero-order valence-electron chi connectivity index (χ0n) is 13.9. The number of aromatic nitrogens is 3. The smallest absolute Gasteiger partial charge is 0.222 e. The van der Waals surface area contributed by atoms with Gasteiger partial charge in [0.2, 0.25) is 5.91 Å². The zero-order valence-corrected chi connectivity index (χ0v) is 14.7. The fourth-order valence-electron chi connectivity index (χ4n) is 3.01. The molecule has 2 aromatic rings. The van der Waals surface area contributed by atoms with E-state index in [0.717, 1.165) is 48.0 Å². The van der Waals surface area contributed by atoms with Gasteiger partial charge in [-0.3, -0.25) is 4.79 Å². The second kappa shape index (κ2) is 6.74. The number of amides is 1. The van der Waals surface area contributed by atoms with Gasteiger partial charge in [-0.1, -0.05) is 6.92 Å². The van der Waals surface area contributed by atoms with Crippen molar-refractivity contribution in [2.45, 2.75) is 46.0 Å². The zero-order chi connectivity index (χ0) is 16.4. The molecule has 1 fully saturated rings. The van der Waals surface area contributed by atoms with E-state index < -0.39 is 0 Å². The highest BCUT2D eigenvalue weighted by molar-refractivity contribution is 7.15. The molecule has 1 saturated heterocycles. The Morgan fingerprint density at radius 3 is 2.70 bits per heavy atom. The molecular weight excluding hydrogens is 308 g/mol. The van der Waals surface area contributed by atoms with Crippen LogP contribution in [-0.4, -0.2) is 38.8 Å². The van der Waals surface area contributed by atoms with Crippen LogP contribution in [0.25, 0.3) is 10.6 Å². The Morgan fingerprint density at radius 2 is 2.04 bits per heavy atom. The second-order valence-corrected chi connectivity index (χ2v) is 6.99. The van der Waals surface area contributed by atoms with E-state index in [1.54, 1.807) is 17.5 Å². The van der Waals surface area contributed by atoms with Gasteiger partial charge in [0.1, 0.15) is 5.82 Å². The van der Waals surface area contributed by atoms with E-state index in [1.165, 1.54) is 5.01 Å². The Kier molecular flexibility index (Phi) is 4.71. The molecule has 1 aliphatic rings.